The maximum Gasteiger partial charge on any atom is 0.354 e. The third-order valence-corrected chi connectivity index (χ3v) is 4.41. The Hall–Kier alpha value is -1.85. The fraction of sp³-hybridized carbons (Fsp3) is 0.667. The highest BCUT2D eigenvalue weighted by atomic mass is 16.4. The molecule has 1 aliphatic rings. The van der Waals surface area contributed by atoms with Gasteiger partial charge in [0.15, 0.2) is 11.4 Å². The molecule has 0 aromatic carbocycles. The van der Waals surface area contributed by atoms with Crippen LogP contribution in [0.25, 0.3) is 0 Å². The van der Waals surface area contributed by atoms with Gasteiger partial charge in [-0.2, -0.15) is 0 Å². The quantitative estimate of drug-likeness (QED) is 0.793. The monoisotopic (exact) mass is 293 g/mol. The second kappa shape index (κ2) is 6.28. The van der Waals surface area contributed by atoms with Crippen molar-refractivity contribution in [3.8, 4) is 0 Å². The van der Waals surface area contributed by atoms with Crippen LogP contribution in [0.3, 0.4) is 0 Å². The predicted octanol–water partition coefficient (Wildman–Crippen LogP) is 2.30. The second-order valence-corrected chi connectivity index (χ2v) is 6.34. The predicted molar refractivity (Wildman–Crippen MR) is 78.1 cm³/mol. The maximum absolute atomic E-state index is 12.3. The van der Waals surface area contributed by atoms with Crippen LogP contribution in [0.2, 0.25) is 0 Å². The fourth-order valence-electron chi connectivity index (χ4n) is 3.23. The van der Waals surface area contributed by atoms with Crippen molar-refractivity contribution in [2.75, 3.05) is 0 Å². The summed E-state index contributed by atoms with van der Waals surface area (Å²) in [5, 5.41) is 12.0. The van der Waals surface area contributed by atoms with E-state index >= 15 is 0 Å². The molecule has 0 aliphatic heterocycles. The third kappa shape index (κ3) is 3.43. The number of H-pyrrole nitrogens is 1. The summed E-state index contributed by atoms with van der Waals surface area (Å²) < 4.78 is 0. The molecular formula is C15H23N3O3. The zero-order valence-corrected chi connectivity index (χ0v) is 12.7. The molecular weight excluding hydrogens is 270 g/mol. The van der Waals surface area contributed by atoms with Crippen molar-refractivity contribution in [2.45, 2.75) is 46.1 Å². The Morgan fingerprint density at radius 3 is 2.76 bits per heavy atom. The van der Waals surface area contributed by atoms with Crippen LogP contribution < -0.4 is 5.32 Å². The highest BCUT2D eigenvalue weighted by molar-refractivity contribution is 6.02. The summed E-state index contributed by atoms with van der Waals surface area (Å²) in [7, 11) is 0. The highest BCUT2D eigenvalue weighted by Crippen LogP contribution is 2.33. The molecule has 3 N–H and O–H groups in total. The van der Waals surface area contributed by atoms with Crippen molar-refractivity contribution in [3.63, 3.8) is 0 Å². The van der Waals surface area contributed by atoms with E-state index in [4.69, 9.17) is 5.11 Å². The molecule has 6 heteroatoms. The lowest BCUT2D eigenvalue weighted by atomic mass is 9.74. The Labute approximate surface area is 124 Å². The van der Waals surface area contributed by atoms with Gasteiger partial charge in [-0.1, -0.05) is 27.2 Å². The molecule has 1 fully saturated rings. The van der Waals surface area contributed by atoms with Crippen molar-refractivity contribution in [1.29, 1.82) is 0 Å². The van der Waals surface area contributed by atoms with Crippen LogP contribution in [0.1, 0.15) is 61.0 Å². The molecule has 2 rings (SSSR count). The van der Waals surface area contributed by atoms with Gasteiger partial charge < -0.3 is 15.4 Å². The number of nitrogens with zero attached hydrogens (tertiary/aromatic N) is 1. The number of aromatic amines is 1. The summed E-state index contributed by atoms with van der Waals surface area (Å²) in [4.78, 5) is 29.7. The van der Waals surface area contributed by atoms with Crippen LogP contribution in [0.15, 0.2) is 6.33 Å². The Balaban J connectivity index is 2.13. The molecule has 6 nitrogen and oxygen atoms in total. The van der Waals surface area contributed by atoms with Gasteiger partial charge in [-0.05, 0) is 30.6 Å². The van der Waals surface area contributed by atoms with E-state index in [1.165, 1.54) is 12.7 Å². The number of amides is 1. The van der Waals surface area contributed by atoms with Crippen LogP contribution in [-0.4, -0.2) is 33.0 Å². The zero-order valence-electron chi connectivity index (χ0n) is 12.7. The minimum absolute atomic E-state index is 0.0387. The third-order valence-electron chi connectivity index (χ3n) is 4.41. The number of rotatable bonds is 4. The van der Waals surface area contributed by atoms with Gasteiger partial charge in [0.25, 0.3) is 5.91 Å². The Bertz CT molecular complexity index is 524. The molecule has 3 unspecified atom stereocenters. The standard InChI is InChI=1S/C15H23N3O3/c1-8(2)10-5-4-9(3)6-11(10)18-14(19)12-13(15(20)21)17-7-16-12/h7-11H,4-6H2,1-3H3,(H,16,17)(H,18,19)(H,20,21). The minimum atomic E-state index is -1.17. The van der Waals surface area contributed by atoms with E-state index < -0.39 is 11.9 Å². The van der Waals surface area contributed by atoms with Crippen molar-refractivity contribution in [2.24, 2.45) is 17.8 Å². The lowest BCUT2D eigenvalue weighted by molar-refractivity contribution is 0.0682. The van der Waals surface area contributed by atoms with Crippen molar-refractivity contribution in [1.82, 2.24) is 15.3 Å². The molecule has 0 saturated heterocycles. The number of aromatic carboxylic acids is 1. The molecule has 1 aromatic rings. The molecule has 0 bridgehead atoms. The van der Waals surface area contributed by atoms with Crippen LogP contribution in [-0.2, 0) is 0 Å². The lowest BCUT2D eigenvalue weighted by Gasteiger charge is -2.37. The smallest absolute Gasteiger partial charge is 0.354 e. The first-order valence-corrected chi connectivity index (χ1v) is 7.47. The first-order valence-electron chi connectivity index (χ1n) is 7.47. The highest BCUT2D eigenvalue weighted by Gasteiger charge is 2.33. The average molecular weight is 293 g/mol. The molecule has 3 atom stereocenters. The number of hydrogen-bond donors (Lipinski definition) is 3. The lowest BCUT2D eigenvalue weighted by Crippen LogP contribution is -2.46. The number of imidazole rings is 1. The van der Waals surface area contributed by atoms with E-state index in [0.29, 0.717) is 17.8 Å². The first kappa shape index (κ1) is 15.5. The number of carbonyl (C=O) groups is 2. The van der Waals surface area contributed by atoms with Crippen LogP contribution in [0, 0.1) is 17.8 Å². The van der Waals surface area contributed by atoms with Gasteiger partial charge in [0.05, 0.1) is 6.33 Å². The van der Waals surface area contributed by atoms with E-state index in [9.17, 15) is 9.59 Å². The maximum atomic E-state index is 12.3. The Morgan fingerprint density at radius 2 is 2.14 bits per heavy atom. The number of carboxylic acid groups (broad SMARTS) is 1. The van der Waals surface area contributed by atoms with Gasteiger partial charge >= 0.3 is 5.97 Å². The van der Waals surface area contributed by atoms with Gasteiger partial charge in [0.1, 0.15) is 0 Å². The summed E-state index contributed by atoms with van der Waals surface area (Å²) in [5.74, 6) is -0.0878. The largest absolute Gasteiger partial charge is 0.477 e. The zero-order chi connectivity index (χ0) is 15.6. The van der Waals surface area contributed by atoms with E-state index in [-0.39, 0.29) is 17.4 Å². The molecule has 1 heterocycles. The number of nitrogens with one attached hydrogen (secondary N) is 2. The number of hydrogen-bond acceptors (Lipinski definition) is 3. The van der Waals surface area contributed by atoms with Crippen LogP contribution in [0.5, 0.6) is 0 Å². The van der Waals surface area contributed by atoms with Crippen molar-refractivity contribution >= 4 is 11.9 Å². The van der Waals surface area contributed by atoms with E-state index in [1.54, 1.807) is 0 Å². The summed E-state index contributed by atoms with van der Waals surface area (Å²) in [6.07, 6.45) is 4.44. The van der Waals surface area contributed by atoms with Crippen LogP contribution in [0.4, 0.5) is 0 Å². The number of carbonyl (C=O) groups excluding carboxylic acids is 1. The number of aromatic nitrogens is 2. The summed E-state index contributed by atoms with van der Waals surface area (Å²) in [6.45, 7) is 6.51. The van der Waals surface area contributed by atoms with Crippen LogP contribution >= 0.6 is 0 Å². The van der Waals surface area contributed by atoms with Gasteiger partial charge in [-0.25, -0.2) is 9.78 Å². The van der Waals surface area contributed by atoms with E-state index in [0.717, 1.165) is 12.8 Å². The second-order valence-electron chi connectivity index (χ2n) is 6.34. The molecule has 1 amide bonds. The van der Waals surface area contributed by atoms with Crippen molar-refractivity contribution < 1.29 is 14.7 Å². The topological polar surface area (TPSA) is 95.1 Å². The summed E-state index contributed by atoms with van der Waals surface area (Å²) >= 11 is 0. The van der Waals surface area contributed by atoms with Gasteiger partial charge in [0, 0.05) is 6.04 Å². The molecule has 0 spiro atoms. The SMILES string of the molecule is CC1CCC(C(C)C)C(NC(=O)c2nc[nH]c2C(=O)O)C1. The summed E-state index contributed by atoms with van der Waals surface area (Å²) in [5.41, 5.74) is -0.194. The normalized spacial score (nSPS) is 25.8. The molecule has 0 radical (unpaired) electrons. The Morgan fingerprint density at radius 1 is 1.43 bits per heavy atom. The first-order chi connectivity index (χ1) is 9.90. The summed E-state index contributed by atoms with van der Waals surface area (Å²) in [6, 6.07) is 0.0830. The van der Waals surface area contributed by atoms with Gasteiger partial charge in [0.2, 0.25) is 0 Å². The van der Waals surface area contributed by atoms with E-state index in [2.05, 4.69) is 36.1 Å². The van der Waals surface area contributed by atoms with Crippen molar-refractivity contribution in [3.05, 3.63) is 17.7 Å². The fourth-order valence-corrected chi connectivity index (χ4v) is 3.23. The molecule has 1 aromatic heterocycles. The minimum Gasteiger partial charge on any atom is -0.477 e. The van der Waals surface area contributed by atoms with Gasteiger partial charge in [-0.15, -0.1) is 0 Å². The Kier molecular flexibility index (Phi) is 4.65. The average Bonchev–Trinajstić information content (AvgIpc) is 2.87. The molecule has 21 heavy (non-hydrogen) atoms. The number of carboxylic acids is 1. The van der Waals surface area contributed by atoms with Gasteiger partial charge in [-0.3, -0.25) is 4.79 Å². The molecule has 116 valence electrons. The molecule has 1 saturated carbocycles. The van der Waals surface area contributed by atoms with E-state index in [1.807, 2.05) is 0 Å². The molecule has 1 aliphatic carbocycles.